The molecule has 1 heterocycles. The van der Waals surface area contributed by atoms with Crippen molar-refractivity contribution in [2.24, 2.45) is 5.73 Å². The molecule has 0 aromatic heterocycles. The maximum Gasteiger partial charge on any atom is 0.337 e. The Balaban J connectivity index is 1.45. The Morgan fingerprint density at radius 2 is 1.88 bits per heavy atom. The van der Waals surface area contributed by atoms with Gasteiger partial charge in [0, 0.05) is 41.8 Å². The van der Waals surface area contributed by atoms with Gasteiger partial charge in [-0.1, -0.05) is 23.7 Å². The van der Waals surface area contributed by atoms with Crippen molar-refractivity contribution in [3.8, 4) is 0 Å². The Morgan fingerprint density at radius 3 is 2.50 bits per heavy atom. The zero-order chi connectivity index (χ0) is 22.7. The zero-order valence-electron chi connectivity index (χ0n) is 18.4. The first-order valence-electron chi connectivity index (χ1n) is 11.2. The van der Waals surface area contributed by atoms with Crippen LogP contribution in [0.5, 0.6) is 0 Å². The number of esters is 1. The van der Waals surface area contributed by atoms with E-state index in [0.717, 1.165) is 49.4 Å². The number of amides is 2. The van der Waals surface area contributed by atoms with Gasteiger partial charge in [-0.25, -0.2) is 9.59 Å². The lowest BCUT2D eigenvalue weighted by Gasteiger charge is -2.46. The Morgan fingerprint density at radius 1 is 1.16 bits per heavy atom. The van der Waals surface area contributed by atoms with Gasteiger partial charge in [0.25, 0.3) is 0 Å². The van der Waals surface area contributed by atoms with Crippen molar-refractivity contribution in [3.63, 3.8) is 0 Å². The van der Waals surface area contributed by atoms with Crippen LogP contribution >= 0.6 is 11.6 Å². The number of carbonyl (C=O) groups excluding carboxylic acids is 2. The minimum Gasteiger partial charge on any atom is -0.465 e. The molecule has 0 spiro atoms. The Bertz CT molecular complexity index is 971. The number of carbonyl (C=O) groups is 2. The number of methoxy groups -OCH3 is 1. The predicted octanol–water partition coefficient (Wildman–Crippen LogP) is 4.60. The smallest absolute Gasteiger partial charge is 0.337 e. The molecule has 32 heavy (non-hydrogen) atoms. The fourth-order valence-corrected chi connectivity index (χ4v) is 5.31. The van der Waals surface area contributed by atoms with Gasteiger partial charge in [-0.15, -0.1) is 0 Å². The lowest BCUT2D eigenvalue weighted by atomic mass is 9.68. The van der Waals surface area contributed by atoms with Gasteiger partial charge in [0.05, 0.1) is 12.7 Å². The second kappa shape index (κ2) is 9.51. The molecule has 0 atom stereocenters. The van der Waals surface area contributed by atoms with Crippen molar-refractivity contribution < 1.29 is 14.3 Å². The second-order valence-corrected chi connectivity index (χ2v) is 9.18. The summed E-state index contributed by atoms with van der Waals surface area (Å²) >= 11 is 6.24. The summed E-state index contributed by atoms with van der Waals surface area (Å²) in [5.41, 5.74) is 8.65. The molecular formula is C25H30ClN3O3. The minimum absolute atomic E-state index is 0.0371. The standard InChI is InChI=1S/C25H30ClN3O3/c1-32-23(30)18-6-8-21(9-7-18)28-14-3-15-29(24(28)31)22-10-12-25(17-27,13-11-22)19-4-2-5-20(26)16-19/h2,4-9,16,22H,3,10-15,17,27H2,1H3. The lowest BCUT2D eigenvalue weighted by Crippen LogP contribution is -2.55. The van der Waals surface area contributed by atoms with Gasteiger partial charge < -0.3 is 15.4 Å². The summed E-state index contributed by atoms with van der Waals surface area (Å²) < 4.78 is 4.76. The number of nitrogens with zero attached hydrogens (tertiary/aromatic N) is 2. The second-order valence-electron chi connectivity index (χ2n) is 8.75. The highest BCUT2D eigenvalue weighted by Gasteiger charge is 2.40. The number of nitrogens with two attached hydrogens (primary N) is 1. The van der Waals surface area contributed by atoms with Crippen LogP contribution < -0.4 is 10.6 Å². The van der Waals surface area contributed by atoms with E-state index in [0.29, 0.717) is 18.7 Å². The number of halogens is 1. The number of hydrogen-bond donors (Lipinski definition) is 1. The molecule has 0 unspecified atom stereocenters. The highest BCUT2D eigenvalue weighted by Crippen LogP contribution is 2.41. The summed E-state index contributed by atoms with van der Waals surface area (Å²) in [6.45, 7) is 2.02. The van der Waals surface area contributed by atoms with Crippen LogP contribution in [0.15, 0.2) is 48.5 Å². The first kappa shape index (κ1) is 22.6. The van der Waals surface area contributed by atoms with Crippen LogP contribution in [0, 0.1) is 0 Å². The number of hydrogen-bond acceptors (Lipinski definition) is 4. The van der Waals surface area contributed by atoms with Crippen LogP contribution in [-0.2, 0) is 10.2 Å². The van der Waals surface area contributed by atoms with Gasteiger partial charge in [-0.05, 0) is 74.1 Å². The topological polar surface area (TPSA) is 75.9 Å². The van der Waals surface area contributed by atoms with Gasteiger partial charge in [0.1, 0.15) is 0 Å². The molecule has 0 radical (unpaired) electrons. The Kier molecular flexibility index (Phi) is 6.72. The summed E-state index contributed by atoms with van der Waals surface area (Å²) in [7, 11) is 1.36. The summed E-state index contributed by atoms with van der Waals surface area (Å²) in [5.74, 6) is -0.381. The molecule has 2 amide bonds. The predicted molar refractivity (Wildman–Crippen MR) is 126 cm³/mol. The lowest BCUT2D eigenvalue weighted by molar-refractivity contribution is 0.0600. The number of anilines is 1. The SMILES string of the molecule is COC(=O)c1ccc(N2CCCN(C3CCC(CN)(c4cccc(Cl)c4)CC3)C2=O)cc1. The summed E-state index contributed by atoms with van der Waals surface area (Å²) in [5, 5.41) is 0.734. The van der Waals surface area contributed by atoms with Crippen molar-refractivity contribution in [1.82, 2.24) is 4.90 Å². The van der Waals surface area contributed by atoms with E-state index in [1.165, 1.54) is 12.7 Å². The van der Waals surface area contributed by atoms with Gasteiger partial charge >= 0.3 is 12.0 Å². The monoisotopic (exact) mass is 455 g/mol. The fraction of sp³-hybridized carbons (Fsp3) is 0.440. The van der Waals surface area contributed by atoms with Gasteiger partial charge in [-0.3, -0.25) is 4.90 Å². The number of urea groups is 1. The van der Waals surface area contributed by atoms with Gasteiger partial charge in [0.15, 0.2) is 0 Å². The molecule has 2 aliphatic rings. The Hall–Kier alpha value is -2.57. The van der Waals surface area contributed by atoms with Crippen LogP contribution in [0.2, 0.25) is 5.02 Å². The van der Waals surface area contributed by atoms with Crippen LogP contribution in [0.25, 0.3) is 0 Å². The normalized spacial score (nSPS) is 23.8. The molecular weight excluding hydrogens is 426 g/mol. The molecule has 1 aliphatic heterocycles. The molecule has 0 bridgehead atoms. The highest BCUT2D eigenvalue weighted by molar-refractivity contribution is 6.30. The number of ether oxygens (including phenoxy) is 1. The quantitative estimate of drug-likeness (QED) is 0.668. The largest absolute Gasteiger partial charge is 0.465 e. The first-order chi connectivity index (χ1) is 15.5. The van der Waals surface area contributed by atoms with Crippen LogP contribution in [-0.4, -0.2) is 49.7 Å². The highest BCUT2D eigenvalue weighted by atomic mass is 35.5. The molecule has 2 fully saturated rings. The molecule has 1 aliphatic carbocycles. The molecule has 2 aromatic carbocycles. The maximum absolute atomic E-state index is 13.4. The van der Waals surface area contributed by atoms with Gasteiger partial charge in [0.2, 0.25) is 0 Å². The molecule has 4 rings (SSSR count). The van der Waals surface area contributed by atoms with Crippen molar-refractivity contribution in [2.75, 3.05) is 31.6 Å². The summed E-state index contributed by atoms with van der Waals surface area (Å²) in [4.78, 5) is 28.9. The van der Waals surface area contributed by atoms with E-state index < -0.39 is 0 Å². The molecule has 170 valence electrons. The van der Waals surface area contributed by atoms with Crippen molar-refractivity contribution in [3.05, 3.63) is 64.7 Å². The van der Waals surface area contributed by atoms with E-state index in [1.807, 2.05) is 40.1 Å². The number of benzene rings is 2. The maximum atomic E-state index is 13.4. The molecule has 1 saturated carbocycles. The average molecular weight is 456 g/mol. The first-order valence-corrected chi connectivity index (χ1v) is 11.6. The van der Waals surface area contributed by atoms with Crippen LogP contribution in [0.1, 0.15) is 48.0 Å². The van der Waals surface area contributed by atoms with E-state index in [4.69, 9.17) is 22.1 Å². The number of rotatable bonds is 5. The summed E-state index contributed by atoms with van der Waals surface area (Å²) in [6.07, 6.45) is 4.63. The van der Waals surface area contributed by atoms with Crippen molar-refractivity contribution >= 4 is 29.3 Å². The zero-order valence-corrected chi connectivity index (χ0v) is 19.2. The van der Waals surface area contributed by atoms with Gasteiger partial charge in [-0.2, -0.15) is 0 Å². The van der Waals surface area contributed by atoms with Crippen molar-refractivity contribution in [1.29, 1.82) is 0 Å². The van der Waals surface area contributed by atoms with E-state index in [-0.39, 0.29) is 23.5 Å². The summed E-state index contributed by atoms with van der Waals surface area (Å²) in [6, 6.07) is 15.3. The third-order valence-corrected chi connectivity index (χ3v) is 7.27. The third-order valence-electron chi connectivity index (χ3n) is 7.04. The van der Waals surface area contributed by atoms with E-state index in [9.17, 15) is 9.59 Å². The molecule has 1 saturated heterocycles. The molecule has 2 aromatic rings. The van der Waals surface area contributed by atoms with Crippen LogP contribution in [0.3, 0.4) is 0 Å². The molecule has 7 heteroatoms. The van der Waals surface area contributed by atoms with E-state index in [2.05, 4.69) is 6.07 Å². The van der Waals surface area contributed by atoms with E-state index in [1.54, 1.807) is 12.1 Å². The fourth-order valence-electron chi connectivity index (χ4n) is 5.11. The Labute approximate surface area is 194 Å². The van der Waals surface area contributed by atoms with E-state index >= 15 is 0 Å². The minimum atomic E-state index is -0.381. The van der Waals surface area contributed by atoms with Crippen molar-refractivity contribution in [2.45, 2.75) is 43.6 Å². The van der Waals surface area contributed by atoms with Crippen LogP contribution in [0.4, 0.5) is 10.5 Å². The molecule has 6 nitrogen and oxygen atoms in total. The molecule has 2 N–H and O–H groups in total. The average Bonchev–Trinajstić information content (AvgIpc) is 2.84. The third kappa shape index (κ3) is 4.34.